The number of halogens is 1. The third-order valence-corrected chi connectivity index (χ3v) is 5.63. The summed E-state index contributed by atoms with van der Waals surface area (Å²) >= 11 is -0.936. The molecule has 0 N–H and O–H groups in total. The van der Waals surface area contributed by atoms with Gasteiger partial charge in [-0.1, -0.05) is 0 Å². The monoisotopic (exact) mass is 253 g/mol. The molecule has 0 aliphatic rings. The molecule has 3 nitrogen and oxygen atoms in total. The van der Waals surface area contributed by atoms with E-state index < -0.39 is 20.1 Å². The van der Waals surface area contributed by atoms with Crippen molar-refractivity contribution in [3.05, 3.63) is 11.9 Å². The maximum atomic E-state index is 4.02. The first-order valence-electron chi connectivity index (χ1n) is 3.19. The molecule has 0 saturated heterocycles. The molecule has 0 aliphatic heterocycles. The number of rotatable bonds is 2. The topological polar surface area (TPSA) is 30.7 Å². The summed E-state index contributed by atoms with van der Waals surface area (Å²) in [6, 6.07) is 0. The van der Waals surface area contributed by atoms with Crippen molar-refractivity contribution >= 4 is 20.1 Å². The van der Waals surface area contributed by atoms with Gasteiger partial charge in [0, 0.05) is 0 Å². The molecular weight excluding hydrogens is 241 g/mol. The molecule has 1 heterocycles. The van der Waals surface area contributed by atoms with Gasteiger partial charge in [-0.05, 0) is 0 Å². The van der Waals surface area contributed by atoms with Gasteiger partial charge in [0.15, 0.2) is 0 Å². The number of aryl methyl sites for hydroxylation is 1. The summed E-state index contributed by atoms with van der Waals surface area (Å²) in [6.45, 7) is 4.19. The van der Waals surface area contributed by atoms with Crippen LogP contribution in [0.4, 0.5) is 0 Å². The molecule has 1 aromatic rings. The number of aromatic nitrogens is 3. The summed E-state index contributed by atoms with van der Waals surface area (Å²) in [5.41, 5.74) is 1.03. The van der Waals surface area contributed by atoms with Gasteiger partial charge in [-0.15, -0.1) is 0 Å². The van der Waals surface area contributed by atoms with Gasteiger partial charge < -0.3 is 0 Å². The molecule has 4 heteroatoms. The molecule has 10 heavy (non-hydrogen) atoms. The van der Waals surface area contributed by atoms with Gasteiger partial charge >= 0.3 is 68.4 Å². The van der Waals surface area contributed by atoms with Crippen LogP contribution in [0.2, 0.25) is 0 Å². The Labute approximate surface area is 68.6 Å². The summed E-state index contributed by atoms with van der Waals surface area (Å²) in [4.78, 5) is 2.29. The third kappa shape index (κ3) is 1.68. The van der Waals surface area contributed by atoms with Crippen LogP contribution < -0.4 is 0 Å². The Hall–Kier alpha value is -0.130. The van der Waals surface area contributed by atoms with Crippen LogP contribution in [-0.4, -0.2) is 22.6 Å². The van der Waals surface area contributed by atoms with Crippen LogP contribution in [0.15, 0.2) is 6.20 Å². The predicted octanol–water partition coefficient (Wildman–Crippen LogP) is 1.51. The van der Waals surface area contributed by atoms with Crippen molar-refractivity contribution in [2.75, 3.05) is 9.36 Å². The molecule has 0 radical (unpaired) electrons. The molecule has 0 amide bonds. The summed E-state index contributed by atoms with van der Waals surface area (Å²) < 4.78 is 3.31. The molecule has 0 fully saturated rings. The second-order valence-corrected chi connectivity index (χ2v) is 7.76. The average Bonchev–Trinajstić information content (AvgIpc) is 2.34. The van der Waals surface area contributed by atoms with E-state index in [0.29, 0.717) is 0 Å². The van der Waals surface area contributed by atoms with E-state index in [-0.39, 0.29) is 0 Å². The van der Waals surface area contributed by atoms with Crippen molar-refractivity contribution in [3.63, 3.8) is 0 Å². The number of hydrogen-bond acceptors (Lipinski definition) is 2. The number of hydrogen-bond donors (Lipinski definition) is 0. The van der Waals surface area contributed by atoms with Gasteiger partial charge in [-0.25, -0.2) is 0 Å². The quantitative estimate of drug-likeness (QED) is 0.590. The van der Waals surface area contributed by atoms with Crippen LogP contribution in [0.25, 0.3) is 0 Å². The van der Waals surface area contributed by atoms with Gasteiger partial charge in [-0.3, -0.25) is 0 Å². The van der Waals surface area contributed by atoms with Crippen molar-refractivity contribution in [2.24, 2.45) is 0 Å². The first kappa shape index (κ1) is 7.97. The molecule has 0 atom stereocenters. The standard InChI is InChI=1S/C6H12IN3/c1-4-7(3)10-5-6(2)8-9-10/h5H,4H2,1-3H3. The first-order valence-corrected chi connectivity index (χ1v) is 7.84. The summed E-state index contributed by atoms with van der Waals surface area (Å²) in [6.07, 6.45) is 2.04. The molecule has 0 aliphatic carbocycles. The Morgan fingerprint density at radius 1 is 1.70 bits per heavy atom. The van der Waals surface area contributed by atoms with Crippen LogP contribution in [0.3, 0.4) is 0 Å². The molecule has 0 saturated carbocycles. The van der Waals surface area contributed by atoms with Gasteiger partial charge in [0.1, 0.15) is 0 Å². The Morgan fingerprint density at radius 3 is 2.80 bits per heavy atom. The Balaban J connectivity index is 2.74. The van der Waals surface area contributed by atoms with E-state index in [4.69, 9.17) is 0 Å². The van der Waals surface area contributed by atoms with Crippen LogP contribution in [0.1, 0.15) is 12.6 Å². The zero-order chi connectivity index (χ0) is 7.56. The predicted molar refractivity (Wildman–Crippen MR) is 50.6 cm³/mol. The second kappa shape index (κ2) is 3.32. The molecular formula is C6H12IN3. The van der Waals surface area contributed by atoms with Crippen molar-refractivity contribution in [2.45, 2.75) is 13.8 Å². The minimum atomic E-state index is -0.936. The van der Waals surface area contributed by atoms with Gasteiger partial charge in [-0.2, -0.15) is 0 Å². The Bertz CT molecular complexity index is 209. The third-order valence-electron chi connectivity index (χ3n) is 1.26. The summed E-state index contributed by atoms with van der Waals surface area (Å²) in [5.74, 6) is 0. The van der Waals surface area contributed by atoms with E-state index >= 15 is 0 Å². The zero-order valence-corrected chi connectivity index (χ0v) is 8.66. The second-order valence-electron chi connectivity index (χ2n) is 2.07. The van der Waals surface area contributed by atoms with E-state index in [0.717, 1.165) is 5.69 Å². The van der Waals surface area contributed by atoms with Crippen LogP contribution in [-0.2, 0) is 0 Å². The average molecular weight is 253 g/mol. The fourth-order valence-corrected chi connectivity index (χ4v) is 2.59. The van der Waals surface area contributed by atoms with E-state index in [2.05, 4.69) is 25.1 Å². The Morgan fingerprint density at radius 2 is 2.40 bits per heavy atom. The van der Waals surface area contributed by atoms with Crippen LogP contribution in [0.5, 0.6) is 0 Å². The number of nitrogens with zero attached hydrogens (tertiary/aromatic N) is 3. The summed E-state index contributed by atoms with van der Waals surface area (Å²) in [7, 11) is 0. The van der Waals surface area contributed by atoms with Crippen molar-refractivity contribution in [1.29, 1.82) is 0 Å². The van der Waals surface area contributed by atoms with E-state index in [1.54, 1.807) is 0 Å². The van der Waals surface area contributed by atoms with Crippen molar-refractivity contribution in [3.8, 4) is 0 Å². The van der Waals surface area contributed by atoms with Gasteiger partial charge in [0.2, 0.25) is 0 Å². The molecule has 1 rings (SSSR count). The molecule has 0 bridgehead atoms. The maximum absolute atomic E-state index is 4.02. The molecule has 58 valence electrons. The SMILES string of the molecule is CCI(C)n1cc(C)nn1. The van der Waals surface area contributed by atoms with Gasteiger partial charge in [0.25, 0.3) is 0 Å². The fraction of sp³-hybridized carbons (Fsp3) is 0.667. The van der Waals surface area contributed by atoms with Crippen molar-refractivity contribution in [1.82, 2.24) is 13.2 Å². The Kier molecular flexibility index (Phi) is 2.64. The minimum absolute atomic E-state index is 0.936. The summed E-state index contributed by atoms with van der Waals surface area (Å²) in [5, 5.41) is 7.96. The van der Waals surface area contributed by atoms with E-state index in [1.807, 2.05) is 13.1 Å². The molecule has 0 spiro atoms. The molecule has 1 aromatic heterocycles. The number of alkyl halides is 2. The fourth-order valence-electron chi connectivity index (χ4n) is 0.583. The van der Waals surface area contributed by atoms with E-state index in [9.17, 15) is 0 Å². The first-order chi connectivity index (χ1) is 4.74. The van der Waals surface area contributed by atoms with Crippen LogP contribution in [0, 0.1) is 6.92 Å². The molecule has 0 unspecified atom stereocenters. The van der Waals surface area contributed by atoms with Crippen LogP contribution >= 0.6 is 20.1 Å². The van der Waals surface area contributed by atoms with Crippen molar-refractivity contribution < 1.29 is 0 Å². The zero-order valence-electron chi connectivity index (χ0n) is 6.50. The normalized spacial score (nSPS) is 11.7. The molecule has 0 aromatic carbocycles. The van der Waals surface area contributed by atoms with Gasteiger partial charge in [0.05, 0.1) is 0 Å². The van der Waals surface area contributed by atoms with E-state index in [1.165, 1.54) is 4.43 Å².